The van der Waals surface area contributed by atoms with Crippen LogP contribution >= 0.6 is 11.6 Å². The normalized spacial score (nSPS) is 17.0. The maximum absolute atomic E-state index is 14.0. The maximum Gasteiger partial charge on any atom is 0.416 e. The Labute approximate surface area is 150 Å². The van der Waals surface area contributed by atoms with Gasteiger partial charge in [0.2, 0.25) is 0 Å². The summed E-state index contributed by atoms with van der Waals surface area (Å²) in [5.74, 6) is -2.64. The van der Waals surface area contributed by atoms with Crippen LogP contribution in [0.5, 0.6) is 11.5 Å². The van der Waals surface area contributed by atoms with E-state index in [4.69, 9.17) is 16.3 Å². The zero-order valence-corrected chi connectivity index (χ0v) is 13.8. The average Bonchev–Trinajstić information content (AvgIpc) is 2.57. The Kier molecular flexibility index (Phi) is 4.75. The van der Waals surface area contributed by atoms with E-state index in [0.717, 1.165) is 0 Å². The monoisotopic (exact) mass is 386 g/mol. The number of ketones is 1. The van der Waals surface area contributed by atoms with E-state index in [-0.39, 0.29) is 11.5 Å². The molecule has 0 aliphatic heterocycles. The number of benzene rings is 2. The number of aryl methyl sites for hydroxylation is 1. The van der Waals surface area contributed by atoms with Crippen molar-refractivity contribution in [2.45, 2.75) is 19.0 Å². The molecule has 0 spiro atoms. The number of carbonyl (C=O) groups excluding carboxylic acids is 2. The van der Waals surface area contributed by atoms with Crippen LogP contribution in [0.1, 0.15) is 27.9 Å². The minimum absolute atomic E-state index is 0.127. The summed E-state index contributed by atoms with van der Waals surface area (Å²) in [6.07, 6.45) is -3.32. The fraction of sp³-hybridized carbons (Fsp3) is 0.222. The number of alkyl halides is 3. The molecule has 1 aliphatic carbocycles. The molecule has 2 aromatic carbocycles. The van der Waals surface area contributed by atoms with E-state index in [1.54, 1.807) is 0 Å². The van der Waals surface area contributed by atoms with Gasteiger partial charge in [-0.1, -0.05) is 11.6 Å². The van der Waals surface area contributed by atoms with Crippen molar-refractivity contribution >= 4 is 23.7 Å². The molecule has 136 valence electrons. The minimum Gasteiger partial charge on any atom is -0.453 e. The number of fused-ring (bicyclic) bond motifs is 1. The Morgan fingerprint density at radius 2 is 1.92 bits per heavy atom. The largest absolute Gasteiger partial charge is 0.453 e. The zero-order chi connectivity index (χ0) is 19.1. The first-order chi connectivity index (χ1) is 12.2. The topological polar surface area (TPSA) is 43.4 Å². The Morgan fingerprint density at radius 3 is 2.54 bits per heavy atom. The third-order valence-electron chi connectivity index (χ3n) is 4.11. The number of rotatable bonds is 3. The lowest BCUT2D eigenvalue weighted by atomic mass is 9.83. The Hall–Kier alpha value is -2.41. The number of Topliss-reactive ketones (excluding diaryl/α,β-unsaturated/α-hetero) is 1. The van der Waals surface area contributed by atoms with Gasteiger partial charge in [0, 0.05) is 5.56 Å². The molecule has 0 heterocycles. The van der Waals surface area contributed by atoms with E-state index in [1.165, 1.54) is 18.2 Å². The second-order valence-electron chi connectivity index (χ2n) is 5.83. The minimum atomic E-state index is -4.73. The summed E-state index contributed by atoms with van der Waals surface area (Å²) in [5, 5.41) is -0.521. The van der Waals surface area contributed by atoms with Gasteiger partial charge in [0.05, 0.1) is 16.5 Å². The second-order valence-corrected chi connectivity index (χ2v) is 6.24. The average molecular weight is 387 g/mol. The first-order valence-corrected chi connectivity index (χ1v) is 7.95. The van der Waals surface area contributed by atoms with E-state index in [9.17, 15) is 27.2 Å². The highest BCUT2D eigenvalue weighted by Crippen LogP contribution is 2.39. The van der Waals surface area contributed by atoms with Crippen LogP contribution in [-0.2, 0) is 17.4 Å². The molecular formula is C18H11ClF4O3. The third-order valence-corrected chi connectivity index (χ3v) is 4.39. The number of ether oxygens (including phenoxy) is 1. The molecule has 0 radical (unpaired) electrons. The van der Waals surface area contributed by atoms with E-state index in [2.05, 4.69) is 0 Å². The van der Waals surface area contributed by atoms with Gasteiger partial charge in [-0.25, -0.2) is 4.39 Å². The quantitative estimate of drug-likeness (QED) is 0.412. The number of hydrogen-bond acceptors (Lipinski definition) is 3. The first kappa shape index (κ1) is 18.4. The van der Waals surface area contributed by atoms with Gasteiger partial charge in [0.15, 0.2) is 17.3 Å². The van der Waals surface area contributed by atoms with Crippen LogP contribution in [0, 0.1) is 11.7 Å². The molecule has 0 aromatic heterocycles. The molecular weight excluding hydrogens is 376 g/mol. The lowest BCUT2D eigenvalue weighted by Gasteiger charge is -2.20. The smallest absolute Gasteiger partial charge is 0.416 e. The fourth-order valence-corrected chi connectivity index (χ4v) is 3.04. The van der Waals surface area contributed by atoms with Crippen molar-refractivity contribution in [2.75, 3.05) is 0 Å². The van der Waals surface area contributed by atoms with Gasteiger partial charge >= 0.3 is 6.18 Å². The summed E-state index contributed by atoms with van der Waals surface area (Å²) in [4.78, 5) is 23.0. The molecule has 0 fully saturated rings. The van der Waals surface area contributed by atoms with E-state index in [1.807, 2.05) is 0 Å². The van der Waals surface area contributed by atoms with Crippen LogP contribution in [-0.4, -0.2) is 12.1 Å². The van der Waals surface area contributed by atoms with Crippen molar-refractivity contribution in [3.05, 3.63) is 57.9 Å². The van der Waals surface area contributed by atoms with Crippen LogP contribution in [0.25, 0.3) is 0 Å². The van der Waals surface area contributed by atoms with Gasteiger partial charge in [0.25, 0.3) is 0 Å². The molecule has 2 aromatic rings. The Bertz CT molecular complexity index is 869. The molecule has 26 heavy (non-hydrogen) atoms. The lowest BCUT2D eigenvalue weighted by molar-refractivity contribution is -0.137. The number of hydrogen-bond donors (Lipinski definition) is 0. The van der Waals surface area contributed by atoms with E-state index in [0.29, 0.717) is 42.4 Å². The standard InChI is InChI=1S/C18H11ClF4O3/c19-14-6-11(18(21,22)23)7-15(20)17(14)26-12-3-4-13-9(5-12)1-2-10(8-24)16(13)25/h3-8,10H,1-2H2. The van der Waals surface area contributed by atoms with Gasteiger partial charge in [-0.15, -0.1) is 0 Å². The van der Waals surface area contributed by atoms with Crippen molar-refractivity contribution in [3.63, 3.8) is 0 Å². The summed E-state index contributed by atoms with van der Waals surface area (Å²) < 4.78 is 57.3. The number of aldehydes is 1. The van der Waals surface area contributed by atoms with Crippen molar-refractivity contribution in [3.8, 4) is 11.5 Å². The molecule has 0 saturated heterocycles. The van der Waals surface area contributed by atoms with Gasteiger partial charge < -0.3 is 9.53 Å². The molecule has 0 bridgehead atoms. The van der Waals surface area contributed by atoms with Gasteiger partial charge in [-0.2, -0.15) is 13.2 Å². The SMILES string of the molecule is O=CC1CCc2cc(Oc3c(F)cc(C(F)(F)F)cc3Cl)ccc2C1=O. The summed E-state index contributed by atoms with van der Waals surface area (Å²) in [6, 6.07) is 5.19. The molecule has 0 N–H and O–H groups in total. The third kappa shape index (κ3) is 3.44. The highest BCUT2D eigenvalue weighted by Gasteiger charge is 2.33. The van der Waals surface area contributed by atoms with Crippen LogP contribution in [0.4, 0.5) is 17.6 Å². The van der Waals surface area contributed by atoms with E-state index < -0.39 is 34.2 Å². The molecule has 8 heteroatoms. The van der Waals surface area contributed by atoms with Crippen molar-refractivity contribution in [2.24, 2.45) is 5.92 Å². The van der Waals surface area contributed by atoms with Crippen molar-refractivity contribution in [1.82, 2.24) is 0 Å². The maximum atomic E-state index is 14.0. The van der Waals surface area contributed by atoms with Crippen molar-refractivity contribution < 1.29 is 31.9 Å². The predicted molar refractivity (Wildman–Crippen MR) is 85.1 cm³/mol. The zero-order valence-electron chi connectivity index (χ0n) is 13.1. The molecule has 3 rings (SSSR count). The van der Waals surface area contributed by atoms with E-state index >= 15 is 0 Å². The molecule has 1 unspecified atom stereocenters. The summed E-state index contributed by atoms with van der Waals surface area (Å²) in [6.45, 7) is 0. The molecule has 3 nitrogen and oxygen atoms in total. The number of carbonyl (C=O) groups is 2. The molecule has 0 amide bonds. The second kappa shape index (κ2) is 6.72. The predicted octanol–water partition coefficient (Wildman–Crippen LogP) is 5.23. The molecule has 1 aliphatic rings. The lowest BCUT2D eigenvalue weighted by Crippen LogP contribution is -2.23. The van der Waals surface area contributed by atoms with Gasteiger partial charge in [0.1, 0.15) is 12.0 Å². The van der Waals surface area contributed by atoms with Gasteiger partial charge in [-0.05, 0) is 48.7 Å². The highest BCUT2D eigenvalue weighted by atomic mass is 35.5. The van der Waals surface area contributed by atoms with Crippen LogP contribution in [0.3, 0.4) is 0 Å². The molecule has 0 saturated carbocycles. The number of halogens is 5. The summed E-state index contributed by atoms with van der Waals surface area (Å²) >= 11 is 5.74. The van der Waals surface area contributed by atoms with Crippen LogP contribution in [0.2, 0.25) is 5.02 Å². The Balaban J connectivity index is 1.91. The highest BCUT2D eigenvalue weighted by molar-refractivity contribution is 6.32. The van der Waals surface area contributed by atoms with Crippen molar-refractivity contribution in [1.29, 1.82) is 0 Å². The van der Waals surface area contributed by atoms with Crippen LogP contribution in [0.15, 0.2) is 30.3 Å². The fourth-order valence-electron chi connectivity index (χ4n) is 2.79. The first-order valence-electron chi connectivity index (χ1n) is 7.57. The Morgan fingerprint density at radius 1 is 1.19 bits per heavy atom. The van der Waals surface area contributed by atoms with Gasteiger partial charge in [-0.3, -0.25) is 4.79 Å². The summed E-state index contributed by atoms with van der Waals surface area (Å²) in [5.41, 5.74) is -0.225. The summed E-state index contributed by atoms with van der Waals surface area (Å²) in [7, 11) is 0. The molecule has 1 atom stereocenters. The van der Waals surface area contributed by atoms with Crippen LogP contribution < -0.4 is 4.74 Å².